The summed E-state index contributed by atoms with van der Waals surface area (Å²) in [6, 6.07) is 10.4. The average Bonchev–Trinajstić information content (AvgIpc) is 2.85. The first-order valence-electron chi connectivity index (χ1n) is 6.52. The summed E-state index contributed by atoms with van der Waals surface area (Å²) < 4.78 is 28.4. The number of anilines is 1. The van der Waals surface area contributed by atoms with Crippen LogP contribution >= 0.6 is 22.9 Å². The number of hydrogen-bond donors (Lipinski definition) is 1. The topological polar surface area (TPSA) is 59.1 Å². The van der Waals surface area contributed by atoms with Crippen LogP contribution in [-0.2, 0) is 10.0 Å². The zero-order valence-corrected chi connectivity index (χ0v) is 14.3. The molecule has 0 unspecified atom stereocenters. The fourth-order valence-corrected chi connectivity index (χ4v) is 4.47. The number of aromatic nitrogens is 1. The molecule has 1 N–H and O–H groups in total. The lowest BCUT2D eigenvalue weighted by atomic mass is 10.2. The Balaban J connectivity index is 1.99. The summed E-state index contributed by atoms with van der Waals surface area (Å²) in [6.45, 7) is 3.71. The van der Waals surface area contributed by atoms with E-state index < -0.39 is 10.0 Å². The second kappa shape index (κ2) is 5.53. The van der Waals surface area contributed by atoms with E-state index in [-0.39, 0.29) is 4.90 Å². The Kier molecular flexibility index (Phi) is 3.84. The van der Waals surface area contributed by atoms with Gasteiger partial charge in [0.1, 0.15) is 0 Å². The van der Waals surface area contributed by atoms with E-state index in [2.05, 4.69) is 9.71 Å². The van der Waals surface area contributed by atoms with E-state index in [1.165, 1.54) is 17.4 Å². The molecule has 7 heteroatoms. The molecule has 3 rings (SSSR count). The van der Waals surface area contributed by atoms with Crippen molar-refractivity contribution in [2.24, 2.45) is 0 Å². The minimum atomic E-state index is -3.67. The average molecular weight is 353 g/mol. The Labute approximate surface area is 137 Å². The van der Waals surface area contributed by atoms with Gasteiger partial charge in [0.2, 0.25) is 0 Å². The molecule has 0 saturated heterocycles. The molecule has 0 fully saturated rings. The van der Waals surface area contributed by atoms with Crippen LogP contribution < -0.4 is 4.72 Å². The van der Waals surface area contributed by atoms with Crippen LogP contribution in [0.2, 0.25) is 5.02 Å². The molecule has 0 aliphatic heterocycles. The third-order valence-electron chi connectivity index (χ3n) is 3.28. The minimum absolute atomic E-state index is 0.172. The predicted molar refractivity (Wildman–Crippen MR) is 91.4 cm³/mol. The molecule has 0 bridgehead atoms. The predicted octanol–water partition coefficient (Wildman–Crippen LogP) is 4.37. The van der Waals surface area contributed by atoms with Gasteiger partial charge in [-0.1, -0.05) is 35.1 Å². The third-order valence-corrected chi connectivity index (χ3v) is 6.11. The van der Waals surface area contributed by atoms with Gasteiger partial charge in [0.15, 0.2) is 5.13 Å². The number of nitrogens with zero attached hydrogens (tertiary/aromatic N) is 1. The Bertz CT molecular complexity index is 965. The van der Waals surface area contributed by atoms with Gasteiger partial charge in [-0.25, -0.2) is 13.4 Å². The Morgan fingerprint density at radius 1 is 1.14 bits per heavy atom. The van der Waals surface area contributed by atoms with Crippen molar-refractivity contribution in [2.75, 3.05) is 4.72 Å². The van der Waals surface area contributed by atoms with Gasteiger partial charge in [-0.2, -0.15) is 0 Å². The summed E-state index contributed by atoms with van der Waals surface area (Å²) in [5.41, 5.74) is 2.55. The summed E-state index contributed by atoms with van der Waals surface area (Å²) in [5, 5.41) is 0.895. The maximum atomic E-state index is 12.4. The summed E-state index contributed by atoms with van der Waals surface area (Å²) in [6.07, 6.45) is 0. The maximum absolute atomic E-state index is 12.4. The van der Waals surface area contributed by atoms with Gasteiger partial charge in [-0.15, -0.1) is 0 Å². The normalized spacial score (nSPS) is 11.8. The molecule has 3 aromatic rings. The van der Waals surface area contributed by atoms with E-state index in [1.807, 2.05) is 25.1 Å². The molecule has 1 aromatic heterocycles. The van der Waals surface area contributed by atoms with Crippen molar-refractivity contribution in [2.45, 2.75) is 18.7 Å². The number of halogens is 1. The fraction of sp³-hybridized carbons (Fsp3) is 0.133. The van der Waals surface area contributed by atoms with Crippen molar-refractivity contribution in [1.82, 2.24) is 4.98 Å². The van der Waals surface area contributed by atoms with Crippen molar-refractivity contribution in [3.63, 3.8) is 0 Å². The van der Waals surface area contributed by atoms with Gasteiger partial charge in [-0.05, 0) is 49.2 Å². The molecule has 1 heterocycles. The van der Waals surface area contributed by atoms with E-state index in [4.69, 9.17) is 11.6 Å². The molecule has 0 aliphatic carbocycles. The summed E-state index contributed by atoms with van der Waals surface area (Å²) in [4.78, 5) is 4.54. The van der Waals surface area contributed by atoms with Crippen LogP contribution in [0.5, 0.6) is 0 Å². The van der Waals surface area contributed by atoms with Crippen LogP contribution in [-0.4, -0.2) is 13.4 Å². The van der Waals surface area contributed by atoms with E-state index >= 15 is 0 Å². The van der Waals surface area contributed by atoms with Crippen molar-refractivity contribution in [3.05, 3.63) is 52.5 Å². The number of benzene rings is 2. The molecule has 114 valence electrons. The van der Waals surface area contributed by atoms with E-state index in [0.717, 1.165) is 15.8 Å². The Morgan fingerprint density at radius 3 is 2.59 bits per heavy atom. The third kappa shape index (κ3) is 2.82. The van der Waals surface area contributed by atoms with Crippen molar-refractivity contribution < 1.29 is 8.42 Å². The van der Waals surface area contributed by atoms with Gasteiger partial charge in [0.25, 0.3) is 10.0 Å². The van der Waals surface area contributed by atoms with Crippen LogP contribution in [0.4, 0.5) is 5.13 Å². The first-order chi connectivity index (χ1) is 10.4. The summed E-state index contributed by atoms with van der Waals surface area (Å²) in [5.74, 6) is 0. The molecule has 0 amide bonds. The SMILES string of the molecule is Cc1cc(S(=O)(=O)Nc2nc3c(C)cccc3s2)ccc1Cl. The molecule has 2 aromatic carbocycles. The second-order valence-corrected chi connectivity index (χ2v) is 8.08. The van der Waals surface area contributed by atoms with Gasteiger partial charge >= 0.3 is 0 Å². The van der Waals surface area contributed by atoms with E-state index in [0.29, 0.717) is 15.7 Å². The van der Waals surface area contributed by atoms with E-state index in [9.17, 15) is 8.42 Å². The van der Waals surface area contributed by atoms with Crippen LogP contribution in [0.15, 0.2) is 41.3 Å². The number of nitrogens with one attached hydrogen (secondary N) is 1. The minimum Gasteiger partial charge on any atom is -0.255 e. The number of para-hydroxylation sites is 1. The smallest absolute Gasteiger partial charge is 0.255 e. The molecule has 4 nitrogen and oxygen atoms in total. The highest BCUT2D eigenvalue weighted by molar-refractivity contribution is 7.93. The molecule has 0 saturated carbocycles. The number of aryl methyl sites for hydroxylation is 2. The number of thiazole rings is 1. The van der Waals surface area contributed by atoms with Crippen LogP contribution in [0.1, 0.15) is 11.1 Å². The van der Waals surface area contributed by atoms with Gasteiger partial charge in [0.05, 0.1) is 15.1 Å². The highest BCUT2D eigenvalue weighted by atomic mass is 35.5. The molecule has 22 heavy (non-hydrogen) atoms. The lowest BCUT2D eigenvalue weighted by molar-refractivity contribution is 0.601. The number of fused-ring (bicyclic) bond motifs is 1. The zero-order valence-electron chi connectivity index (χ0n) is 11.9. The number of rotatable bonds is 3. The molecule has 0 spiro atoms. The Hall–Kier alpha value is -1.63. The summed E-state index contributed by atoms with van der Waals surface area (Å²) in [7, 11) is -3.67. The lowest BCUT2D eigenvalue weighted by Crippen LogP contribution is -2.12. The quantitative estimate of drug-likeness (QED) is 0.761. The van der Waals surface area contributed by atoms with Gasteiger partial charge in [0, 0.05) is 5.02 Å². The van der Waals surface area contributed by atoms with Crippen molar-refractivity contribution in [1.29, 1.82) is 0 Å². The van der Waals surface area contributed by atoms with Gasteiger partial charge < -0.3 is 0 Å². The number of sulfonamides is 1. The second-order valence-electron chi connectivity index (χ2n) is 4.96. The largest absolute Gasteiger partial charge is 0.263 e. The van der Waals surface area contributed by atoms with Gasteiger partial charge in [-0.3, -0.25) is 4.72 Å². The molecule has 0 aliphatic rings. The van der Waals surface area contributed by atoms with Crippen LogP contribution in [0.25, 0.3) is 10.2 Å². The first kappa shape index (κ1) is 15.3. The maximum Gasteiger partial charge on any atom is 0.263 e. The molecule has 0 radical (unpaired) electrons. The fourth-order valence-electron chi connectivity index (χ4n) is 2.09. The summed E-state index contributed by atoms with van der Waals surface area (Å²) >= 11 is 7.25. The van der Waals surface area contributed by atoms with E-state index in [1.54, 1.807) is 19.1 Å². The Morgan fingerprint density at radius 2 is 1.91 bits per heavy atom. The van der Waals surface area contributed by atoms with Crippen molar-refractivity contribution in [3.8, 4) is 0 Å². The van der Waals surface area contributed by atoms with Crippen molar-refractivity contribution >= 4 is 48.3 Å². The first-order valence-corrected chi connectivity index (χ1v) is 9.20. The zero-order chi connectivity index (χ0) is 15.9. The highest BCUT2D eigenvalue weighted by Gasteiger charge is 2.17. The molecule has 0 atom stereocenters. The lowest BCUT2D eigenvalue weighted by Gasteiger charge is -2.06. The highest BCUT2D eigenvalue weighted by Crippen LogP contribution is 2.30. The van der Waals surface area contributed by atoms with Crippen LogP contribution in [0.3, 0.4) is 0 Å². The monoisotopic (exact) mass is 352 g/mol. The van der Waals surface area contributed by atoms with Crippen LogP contribution in [0, 0.1) is 13.8 Å². The molecular weight excluding hydrogens is 340 g/mol. The molecular formula is C15H13ClN2O2S2. The number of hydrogen-bond acceptors (Lipinski definition) is 4. The standard InChI is InChI=1S/C15H13ClN2O2S2/c1-9-4-3-5-13-14(9)17-15(21-13)18-22(19,20)11-6-7-12(16)10(2)8-11/h3-8H,1-2H3,(H,17,18).